The molecule has 0 saturated heterocycles. The minimum atomic E-state index is -2.68. The van der Waals surface area contributed by atoms with Gasteiger partial charge in [0.05, 0.1) is 13.2 Å². The molecule has 0 aromatic heterocycles. The highest BCUT2D eigenvalue weighted by Gasteiger charge is 2.51. The molecule has 0 bridgehead atoms. The molecule has 31 heavy (non-hydrogen) atoms. The summed E-state index contributed by atoms with van der Waals surface area (Å²) in [6, 6.07) is 29.9. The predicted molar refractivity (Wildman–Crippen MR) is 124 cm³/mol. The fourth-order valence-corrected chi connectivity index (χ4v) is 6.38. The first-order chi connectivity index (χ1) is 15.2. The molecule has 0 saturated carbocycles. The Balaban J connectivity index is 2.17. The lowest BCUT2D eigenvalue weighted by Gasteiger charge is -2.25. The quantitative estimate of drug-likeness (QED) is 0.243. The second kappa shape index (κ2) is 11.1. The van der Waals surface area contributed by atoms with E-state index in [9.17, 15) is 4.79 Å². The Morgan fingerprint density at radius 3 is 1.52 bits per heavy atom. The summed E-state index contributed by atoms with van der Waals surface area (Å²) in [7, 11) is -2.68. The van der Waals surface area contributed by atoms with Crippen LogP contribution in [0.15, 0.2) is 96.1 Å². The van der Waals surface area contributed by atoms with Crippen LogP contribution < -0.4 is 21.3 Å². The Bertz CT molecular complexity index is 886. The van der Waals surface area contributed by atoms with Gasteiger partial charge in [-0.2, -0.15) is 0 Å². The molecule has 0 N–H and O–H groups in total. The first-order valence-corrected chi connectivity index (χ1v) is 11.7. The van der Waals surface area contributed by atoms with E-state index in [1.165, 1.54) is 0 Å². The number of nitrogens with zero attached hydrogens (tertiary/aromatic N) is 2. The zero-order valence-electron chi connectivity index (χ0n) is 17.5. The molecule has 3 aromatic carbocycles. The summed E-state index contributed by atoms with van der Waals surface area (Å²) in [5.41, 5.74) is 3.59. The SMILES string of the molecule is CCOC(=O)[N]/N=C(\OCC)O[P+](c1ccccc1)(c1ccccc1)c1ccccc1. The first-order valence-electron chi connectivity index (χ1n) is 10.0. The average molecular weight is 436 g/mol. The summed E-state index contributed by atoms with van der Waals surface area (Å²) < 4.78 is 17.1. The summed E-state index contributed by atoms with van der Waals surface area (Å²) in [6.45, 7) is 4.03. The topological polar surface area (TPSA) is 71.2 Å². The van der Waals surface area contributed by atoms with Crippen LogP contribution in [0.5, 0.6) is 0 Å². The molecule has 159 valence electrons. The lowest BCUT2D eigenvalue weighted by atomic mass is 10.4. The van der Waals surface area contributed by atoms with E-state index in [-0.39, 0.29) is 12.7 Å². The molecule has 6 nitrogen and oxygen atoms in total. The molecule has 0 fully saturated rings. The number of carbonyl (C=O) groups is 1. The highest BCUT2D eigenvalue weighted by Crippen LogP contribution is 2.56. The highest BCUT2D eigenvalue weighted by atomic mass is 31.2. The van der Waals surface area contributed by atoms with E-state index in [4.69, 9.17) is 14.0 Å². The Morgan fingerprint density at radius 2 is 1.13 bits per heavy atom. The van der Waals surface area contributed by atoms with E-state index in [1.807, 2.05) is 97.9 Å². The highest BCUT2D eigenvalue weighted by molar-refractivity contribution is 7.92. The number of benzene rings is 3. The van der Waals surface area contributed by atoms with Gasteiger partial charge in [0, 0.05) is 0 Å². The van der Waals surface area contributed by atoms with Gasteiger partial charge < -0.3 is 9.47 Å². The summed E-state index contributed by atoms with van der Waals surface area (Å²) >= 11 is 0. The van der Waals surface area contributed by atoms with E-state index in [2.05, 4.69) is 10.5 Å². The monoisotopic (exact) mass is 436 g/mol. The Morgan fingerprint density at radius 1 is 0.710 bits per heavy atom. The third kappa shape index (κ3) is 5.41. The molecule has 0 unspecified atom stereocenters. The maximum absolute atomic E-state index is 11.7. The summed E-state index contributed by atoms with van der Waals surface area (Å²) in [5, 5.41) is 6.89. The van der Waals surface area contributed by atoms with E-state index in [0.29, 0.717) is 6.61 Å². The summed E-state index contributed by atoms with van der Waals surface area (Å²) in [4.78, 5) is 11.7. The van der Waals surface area contributed by atoms with Crippen LogP contribution in [0.2, 0.25) is 0 Å². The van der Waals surface area contributed by atoms with Crippen LogP contribution >= 0.6 is 7.49 Å². The van der Waals surface area contributed by atoms with Crippen molar-refractivity contribution in [2.24, 2.45) is 5.10 Å². The lowest BCUT2D eigenvalue weighted by Crippen LogP contribution is -2.35. The Labute approximate surface area is 183 Å². The van der Waals surface area contributed by atoms with Gasteiger partial charge in [-0.1, -0.05) is 65.1 Å². The van der Waals surface area contributed by atoms with Gasteiger partial charge >= 0.3 is 12.2 Å². The van der Waals surface area contributed by atoms with Crippen LogP contribution in [0.25, 0.3) is 0 Å². The Hall–Kier alpha value is -3.37. The molecule has 1 amide bonds. The van der Waals surface area contributed by atoms with Gasteiger partial charge in [0.15, 0.2) is 0 Å². The summed E-state index contributed by atoms with van der Waals surface area (Å²) in [6.07, 6.45) is -0.883. The number of carbonyl (C=O) groups excluding carboxylic acids is 1. The van der Waals surface area contributed by atoms with Crippen molar-refractivity contribution in [3.8, 4) is 0 Å². The predicted octanol–water partition coefficient (Wildman–Crippen LogP) is 3.98. The molecule has 0 heterocycles. The molecule has 0 aliphatic rings. The molecular weight excluding hydrogens is 411 g/mol. The molecule has 0 spiro atoms. The number of ether oxygens (including phenoxy) is 2. The van der Waals surface area contributed by atoms with Crippen molar-refractivity contribution in [2.45, 2.75) is 13.8 Å². The van der Waals surface area contributed by atoms with Crippen LogP contribution in [-0.4, -0.2) is 25.4 Å². The first kappa shape index (κ1) is 22.3. The zero-order chi connectivity index (χ0) is 21.9. The van der Waals surface area contributed by atoms with E-state index < -0.39 is 13.6 Å². The average Bonchev–Trinajstić information content (AvgIpc) is 2.83. The van der Waals surface area contributed by atoms with E-state index >= 15 is 0 Å². The molecule has 0 atom stereocenters. The van der Waals surface area contributed by atoms with Crippen molar-refractivity contribution < 1.29 is 18.8 Å². The van der Waals surface area contributed by atoms with Gasteiger partial charge in [0.1, 0.15) is 15.9 Å². The number of hydrogen-bond donors (Lipinski definition) is 0. The van der Waals surface area contributed by atoms with E-state index in [0.717, 1.165) is 15.9 Å². The number of hydrogen-bond acceptors (Lipinski definition) is 5. The normalized spacial score (nSPS) is 11.5. The Kier molecular flexibility index (Phi) is 8.02. The smallest absolute Gasteiger partial charge is 0.447 e. The third-order valence-corrected chi connectivity index (χ3v) is 7.83. The second-order valence-electron chi connectivity index (χ2n) is 6.31. The second-order valence-corrected chi connectivity index (χ2v) is 9.26. The van der Waals surface area contributed by atoms with Gasteiger partial charge in [-0.3, -0.25) is 4.52 Å². The van der Waals surface area contributed by atoms with Crippen molar-refractivity contribution in [2.75, 3.05) is 13.2 Å². The molecule has 0 aliphatic carbocycles. The maximum Gasteiger partial charge on any atom is 0.452 e. The van der Waals surface area contributed by atoms with E-state index in [1.54, 1.807) is 6.92 Å². The van der Waals surface area contributed by atoms with Crippen LogP contribution in [0.3, 0.4) is 0 Å². The van der Waals surface area contributed by atoms with Crippen molar-refractivity contribution >= 4 is 35.6 Å². The fraction of sp³-hybridized carbons (Fsp3) is 0.167. The molecule has 0 aliphatic heterocycles. The van der Waals surface area contributed by atoms with Gasteiger partial charge in [0.25, 0.3) is 7.49 Å². The van der Waals surface area contributed by atoms with Crippen molar-refractivity contribution in [1.29, 1.82) is 0 Å². The molecular formula is C24H25N2O4P+. The van der Waals surface area contributed by atoms with Crippen molar-refractivity contribution in [1.82, 2.24) is 5.43 Å². The number of amides is 1. The van der Waals surface area contributed by atoms with Crippen molar-refractivity contribution in [3.63, 3.8) is 0 Å². The van der Waals surface area contributed by atoms with Gasteiger partial charge in [-0.25, -0.2) is 4.79 Å². The van der Waals surface area contributed by atoms with Gasteiger partial charge in [-0.15, -0.1) is 0 Å². The molecule has 7 heteroatoms. The lowest BCUT2D eigenvalue weighted by molar-refractivity contribution is 0.150. The van der Waals surface area contributed by atoms with Crippen LogP contribution in [-0.2, 0) is 14.0 Å². The van der Waals surface area contributed by atoms with Crippen LogP contribution in [0, 0.1) is 0 Å². The molecule has 3 rings (SSSR count). The van der Waals surface area contributed by atoms with Crippen molar-refractivity contribution in [3.05, 3.63) is 91.0 Å². The number of rotatable bonds is 7. The fourth-order valence-electron chi connectivity index (χ4n) is 3.07. The van der Waals surface area contributed by atoms with Crippen LogP contribution in [0.4, 0.5) is 4.79 Å². The minimum Gasteiger partial charge on any atom is -0.447 e. The van der Waals surface area contributed by atoms with Gasteiger partial charge in [-0.05, 0) is 50.2 Å². The standard InChI is InChI=1S/C24H25N2O4P/c1-3-28-23(27)25-26-24(29-4-2)30-31(20-14-8-5-9-15-20,21-16-10-6-11-17-21)22-18-12-7-13-19-22/h5-19H,3-4H2,1-2H3/q+1/b26-24+. The van der Waals surface area contributed by atoms with Gasteiger partial charge in [0.2, 0.25) is 0 Å². The zero-order valence-corrected chi connectivity index (χ0v) is 18.4. The molecule has 3 aromatic rings. The summed E-state index contributed by atoms with van der Waals surface area (Å²) in [5.74, 6) is 0. The third-order valence-electron chi connectivity index (χ3n) is 4.32. The minimum absolute atomic E-state index is 0.0829. The molecule has 1 radical (unpaired) electrons. The largest absolute Gasteiger partial charge is 0.452 e. The van der Waals surface area contributed by atoms with Crippen LogP contribution in [0.1, 0.15) is 13.8 Å². The maximum atomic E-state index is 11.7.